The molecule has 1 atom stereocenters. The molecule has 1 N–H and O–H groups in total. The molecule has 0 saturated carbocycles. The van der Waals surface area contributed by atoms with Gasteiger partial charge in [0.25, 0.3) is 0 Å². The first-order chi connectivity index (χ1) is 13.1. The van der Waals surface area contributed by atoms with Gasteiger partial charge in [-0.1, -0.05) is 25.1 Å². The minimum Gasteiger partial charge on any atom is -0.303 e. The van der Waals surface area contributed by atoms with Crippen LogP contribution in [0, 0.1) is 11.3 Å². The summed E-state index contributed by atoms with van der Waals surface area (Å²) in [7, 11) is 0. The number of hydrogen-bond acceptors (Lipinski definition) is 5. The maximum absolute atomic E-state index is 8.89. The highest BCUT2D eigenvalue weighted by atomic mass is 15.4. The van der Waals surface area contributed by atoms with Crippen molar-refractivity contribution in [3.05, 3.63) is 65.3 Å². The zero-order valence-electron chi connectivity index (χ0n) is 16.3. The number of aliphatic imine (C=N–C) groups is 1. The molecule has 0 spiro atoms. The fourth-order valence-electron chi connectivity index (χ4n) is 2.47. The second-order valence-corrected chi connectivity index (χ2v) is 6.20. The van der Waals surface area contributed by atoms with Crippen molar-refractivity contribution < 1.29 is 0 Å². The van der Waals surface area contributed by atoms with Crippen molar-refractivity contribution in [1.29, 1.82) is 5.26 Å². The fourth-order valence-corrected chi connectivity index (χ4v) is 2.47. The Balaban J connectivity index is 2.19. The van der Waals surface area contributed by atoms with E-state index < -0.39 is 0 Å². The number of benzene rings is 1. The molecular weight excluding hydrogens is 336 g/mol. The summed E-state index contributed by atoms with van der Waals surface area (Å²) in [5, 5.41) is 16.8. The molecule has 1 aromatic heterocycles. The van der Waals surface area contributed by atoms with Gasteiger partial charge in [0.2, 0.25) is 0 Å². The molecular formula is C21H26N6. The Morgan fingerprint density at radius 2 is 2.11 bits per heavy atom. The second kappa shape index (κ2) is 10.2. The summed E-state index contributed by atoms with van der Waals surface area (Å²) in [4.78, 5) is 9.02. The van der Waals surface area contributed by atoms with Crippen molar-refractivity contribution in [3.63, 3.8) is 0 Å². The Morgan fingerprint density at radius 3 is 2.74 bits per heavy atom. The van der Waals surface area contributed by atoms with Crippen LogP contribution >= 0.6 is 0 Å². The van der Waals surface area contributed by atoms with Crippen molar-refractivity contribution >= 4 is 12.0 Å². The monoisotopic (exact) mass is 362 g/mol. The molecule has 0 fully saturated rings. The zero-order valence-corrected chi connectivity index (χ0v) is 16.3. The summed E-state index contributed by atoms with van der Waals surface area (Å²) in [5.74, 6) is 1.61. The largest absolute Gasteiger partial charge is 0.303 e. The van der Waals surface area contributed by atoms with Crippen molar-refractivity contribution in [1.82, 2.24) is 20.1 Å². The predicted octanol–water partition coefficient (Wildman–Crippen LogP) is 4.25. The van der Waals surface area contributed by atoms with Crippen LogP contribution in [0.5, 0.6) is 0 Å². The van der Waals surface area contributed by atoms with Crippen molar-refractivity contribution in [3.8, 4) is 6.07 Å². The van der Waals surface area contributed by atoms with Crippen LogP contribution < -0.4 is 5.32 Å². The van der Waals surface area contributed by atoms with Gasteiger partial charge in [0.1, 0.15) is 6.33 Å². The van der Waals surface area contributed by atoms with Gasteiger partial charge in [-0.3, -0.25) is 0 Å². The number of rotatable bonds is 8. The quantitative estimate of drug-likeness (QED) is 0.712. The van der Waals surface area contributed by atoms with E-state index in [1.807, 2.05) is 43.3 Å². The molecule has 0 aliphatic heterocycles. The average molecular weight is 362 g/mol. The molecule has 1 aromatic carbocycles. The summed E-state index contributed by atoms with van der Waals surface area (Å²) in [5.41, 5.74) is 2.91. The van der Waals surface area contributed by atoms with Crippen LogP contribution in [0.1, 0.15) is 57.1 Å². The SMILES string of the molecule is C\C=C/C=N/C(=C(\C)CC)n1ncnc1C(C)NCc1ccc(C#N)cc1. The molecule has 0 saturated heterocycles. The molecule has 0 bridgehead atoms. The van der Waals surface area contributed by atoms with Crippen LogP contribution in [0.4, 0.5) is 0 Å². The lowest BCUT2D eigenvalue weighted by Gasteiger charge is -2.16. The third-order valence-electron chi connectivity index (χ3n) is 4.24. The van der Waals surface area contributed by atoms with E-state index >= 15 is 0 Å². The lowest BCUT2D eigenvalue weighted by Crippen LogP contribution is -2.22. The molecule has 1 heterocycles. The Bertz CT molecular complexity index is 865. The summed E-state index contributed by atoms with van der Waals surface area (Å²) < 4.78 is 1.80. The Kier molecular flexibility index (Phi) is 7.65. The summed E-state index contributed by atoms with van der Waals surface area (Å²) in [6.07, 6.45) is 8.05. The van der Waals surface area contributed by atoms with Crippen LogP contribution in [0.2, 0.25) is 0 Å². The molecule has 0 aliphatic carbocycles. The van der Waals surface area contributed by atoms with E-state index in [4.69, 9.17) is 5.26 Å². The summed E-state index contributed by atoms with van der Waals surface area (Å²) in [6, 6.07) is 9.68. The molecule has 6 nitrogen and oxygen atoms in total. The Labute approximate surface area is 161 Å². The molecule has 27 heavy (non-hydrogen) atoms. The number of nitrogens with one attached hydrogen (secondary N) is 1. The van der Waals surface area contributed by atoms with Crippen molar-refractivity contribution in [2.75, 3.05) is 0 Å². The van der Waals surface area contributed by atoms with Gasteiger partial charge in [-0.25, -0.2) is 9.98 Å². The third-order valence-corrected chi connectivity index (χ3v) is 4.24. The molecule has 6 heteroatoms. The standard InChI is InChI=1S/C21H26N6/c1-5-7-12-23-20(16(3)6-2)27-21(25-15-26-27)17(4)24-14-19-10-8-18(13-22)9-11-19/h5,7-12,15,17,24H,6,14H2,1-4H3/b7-5-,20-16-,23-12+. The van der Waals surface area contributed by atoms with Gasteiger partial charge in [0.05, 0.1) is 17.7 Å². The first-order valence-electron chi connectivity index (χ1n) is 9.08. The normalized spacial score (nSPS) is 13.7. The van der Waals surface area contributed by atoms with Crippen LogP contribution in [0.3, 0.4) is 0 Å². The maximum atomic E-state index is 8.89. The van der Waals surface area contributed by atoms with E-state index in [0.29, 0.717) is 12.1 Å². The lowest BCUT2D eigenvalue weighted by atomic mass is 10.1. The van der Waals surface area contributed by atoms with Crippen molar-refractivity contribution in [2.24, 2.45) is 4.99 Å². The number of allylic oxidation sites excluding steroid dienone is 3. The molecule has 0 amide bonds. The summed E-state index contributed by atoms with van der Waals surface area (Å²) in [6.45, 7) is 8.84. The molecule has 2 aromatic rings. The van der Waals surface area contributed by atoms with Crippen LogP contribution in [0.15, 0.2) is 53.3 Å². The highest BCUT2D eigenvalue weighted by Crippen LogP contribution is 2.19. The van der Waals surface area contributed by atoms with Gasteiger partial charge in [0.15, 0.2) is 11.6 Å². The van der Waals surface area contributed by atoms with Crippen LogP contribution in [-0.2, 0) is 6.54 Å². The van der Waals surface area contributed by atoms with Crippen molar-refractivity contribution in [2.45, 2.75) is 46.7 Å². The summed E-state index contributed by atoms with van der Waals surface area (Å²) >= 11 is 0. The number of nitrogens with zero attached hydrogens (tertiary/aromatic N) is 5. The zero-order chi connectivity index (χ0) is 19.6. The van der Waals surface area contributed by atoms with Crippen LogP contribution in [0.25, 0.3) is 5.82 Å². The smallest absolute Gasteiger partial charge is 0.154 e. The minimum atomic E-state index is -0.0142. The maximum Gasteiger partial charge on any atom is 0.154 e. The van der Waals surface area contributed by atoms with Gasteiger partial charge in [-0.15, -0.1) is 0 Å². The van der Waals surface area contributed by atoms with Crippen LogP contribution in [-0.4, -0.2) is 21.0 Å². The molecule has 140 valence electrons. The van der Waals surface area contributed by atoms with E-state index in [1.54, 1.807) is 17.2 Å². The average Bonchev–Trinajstić information content (AvgIpc) is 3.18. The molecule has 0 aliphatic rings. The molecule has 0 radical (unpaired) electrons. The third kappa shape index (κ3) is 5.47. The van der Waals surface area contributed by atoms with Gasteiger partial charge < -0.3 is 5.32 Å². The van der Waals surface area contributed by atoms with Gasteiger partial charge in [-0.05, 0) is 56.5 Å². The topological polar surface area (TPSA) is 78.9 Å². The first-order valence-corrected chi connectivity index (χ1v) is 9.08. The van der Waals surface area contributed by atoms with E-state index in [0.717, 1.165) is 29.2 Å². The second-order valence-electron chi connectivity index (χ2n) is 6.20. The van der Waals surface area contributed by atoms with Gasteiger partial charge in [-0.2, -0.15) is 15.0 Å². The highest BCUT2D eigenvalue weighted by Gasteiger charge is 2.16. The van der Waals surface area contributed by atoms with E-state index in [2.05, 4.69) is 47.2 Å². The van der Waals surface area contributed by atoms with E-state index in [-0.39, 0.29) is 6.04 Å². The molecule has 1 unspecified atom stereocenters. The first kappa shape index (κ1) is 20.3. The predicted molar refractivity (Wildman–Crippen MR) is 109 cm³/mol. The van der Waals surface area contributed by atoms with Gasteiger partial charge >= 0.3 is 0 Å². The number of nitriles is 1. The Hall–Kier alpha value is -3.04. The number of hydrogen-bond donors (Lipinski definition) is 1. The minimum absolute atomic E-state index is 0.0142. The Morgan fingerprint density at radius 1 is 1.37 bits per heavy atom. The molecule has 2 rings (SSSR count). The fraction of sp³-hybridized carbons (Fsp3) is 0.333. The highest BCUT2D eigenvalue weighted by molar-refractivity contribution is 5.76. The van der Waals surface area contributed by atoms with E-state index in [9.17, 15) is 0 Å². The lowest BCUT2D eigenvalue weighted by molar-refractivity contribution is 0.533. The van der Waals surface area contributed by atoms with E-state index in [1.165, 1.54) is 0 Å². The number of aromatic nitrogens is 3. The van der Waals surface area contributed by atoms with Gasteiger partial charge in [0, 0.05) is 12.8 Å².